The molecule has 0 atom stereocenters. The number of hydrogen-bond acceptors (Lipinski definition) is 4. The van der Waals surface area contributed by atoms with Crippen LogP contribution in [0.3, 0.4) is 0 Å². The molecular weight excluding hydrogens is 206 g/mol. The first-order chi connectivity index (χ1) is 7.51. The molecule has 0 aromatic rings. The molecule has 5 heteroatoms. The van der Waals surface area contributed by atoms with Crippen molar-refractivity contribution in [3.8, 4) is 0 Å². The number of aliphatic hydroxyl groups excluding tert-OH is 1. The lowest BCUT2D eigenvalue weighted by molar-refractivity contribution is -0.153. The summed E-state index contributed by atoms with van der Waals surface area (Å²) in [5, 5.41) is 12.5. The molecule has 0 aliphatic carbocycles. The Morgan fingerprint density at radius 2 is 1.88 bits per heavy atom. The Labute approximate surface area is 96.4 Å². The van der Waals surface area contributed by atoms with E-state index < -0.39 is 5.54 Å². The number of amides is 1. The van der Waals surface area contributed by atoms with Gasteiger partial charge in [0.15, 0.2) is 0 Å². The molecule has 2 fully saturated rings. The van der Waals surface area contributed by atoms with E-state index in [0.717, 1.165) is 26.2 Å². The van der Waals surface area contributed by atoms with Crippen molar-refractivity contribution in [2.24, 2.45) is 0 Å². The van der Waals surface area contributed by atoms with Gasteiger partial charge in [0, 0.05) is 39.3 Å². The largest absolute Gasteiger partial charge is 0.389 e. The molecule has 0 unspecified atom stereocenters. The smallest absolute Gasteiger partial charge is 0.242 e. The van der Waals surface area contributed by atoms with Crippen molar-refractivity contribution in [1.82, 2.24) is 15.1 Å². The van der Waals surface area contributed by atoms with Gasteiger partial charge >= 0.3 is 0 Å². The van der Waals surface area contributed by atoms with Gasteiger partial charge in [0.2, 0.25) is 5.91 Å². The van der Waals surface area contributed by atoms with Crippen LogP contribution in [0, 0.1) is 0 Å². The molecule has 2 aliphatic heterocycles. The van der Waals surface area contributed by atoms with Crippen LogP contribution in [0.1, 0.15) is 13.8 Å². The molecule has 2 heterocycles. The van der Waals surface area contributed by atoms with Crippen LogP contribution in [0.4, 0.5) is 0 Å². The van der Waals surface area contributed by atoms with Crippen molar-refractivity contribution in [3.63, 3.8) is 0 Å². The summed E-state index contributed by atoms with van der Waals surface area (Å²) in [5.74, 6) is 0.139. The Morgan fingerprint density at radius 3 is 2.38 bits per heavy atom. The lowest BCUT2D eigenvalue weighted by Crippen LogP contribution is -2.65. The van der Waals surface area contributed by atoms with Crippen LogP contribution in [0.5, 0.6) is 0 Å². The van der Waals surface area contributed by atoms with E-state index in [1.165, 1.54) is 0 Å². The number of aliphatic hydroxyl groups is 1. The summed E-state index contributed by atoms with van der Waals surface area (Å²) < 4.78 is 0. The van der Waals surface area contributed by atoms with Gasteiger partial charge in [0.25, 0.3) is 0 Å². The molecule has 92 valence electrons. The molecule has 0 saturated carbocycles. The zero-order valence-corrected chi connectivity index (χ0v) is 10.1. The number of nitrogens with one attached hydrogen (secondary N) is 1. The average molecular weight is 227 g/mol. The van der Waals surface area contributed by atoms with E-state index in [-0.39, 0.29) is 12.0 Å². The molecule has 5 nitrogen and oxygen atoms in total. The summed E-state index contributed by atoms with van der Waals surface area (Å²) in [4.78, 5) is 16.2. The first-order valence-electron chi connectivity index (χ1n) is 5.95. The van der Waals surface area contributed by atoms with E-state index >= 15 is 0 Å². The molecule has 0 bridgehead atoms. The van der Waals surface area contributed by atoms with E-state index in [1.54, 1.807) is 4.90 Å². The van der Waals surface area contributed by atoms with Gasteiger partial charge < -0.3 is 15.3 Å². The molecule has 0 aromatic heterocycles. The highest BCUT2D eigenvalue weighted by molar-refractivity contribution is 5.86. The quantitative estimate of drug-likeness (QED) is 0.627. The fourth-order valence-corrected chi connectivity index (χ4v) is 2.37. The normalized spacial score (nSPS) is 24.3. The first kappa shape index (κ1) is 11.8. The van der Waals surface area contributed by atoms with Crippen molar-refractivity contribution >= 4 is 5.91 Å². The number of β-amino-alcohol motifs (C(OH)–C–C–N with tert-alkyl or cyclic N) is 1. The zero-order chi connectivity index (χ0) is 11.8. The van der Waals surface area contributed by atoms with E-state index in [0.29, 0.717) is 13.1 Å². The van der Waals surface area contributed by atoms with E-state index in [4.69, 9.17) is 0 Å². The molecule has 0 aromatic carbocycles. The third-order valence-corrected chi connectivity index (χ3v) is 3.58. The minimum Gasteiger partial charge on any atom is -0.389 e. The van der Waals surface area contributed by atoms with Crippen molar-refractivity contribution in [2.75, 3.05) is 39.3 Å². The molecule has 2 N–H and O–H groups in total. The van der Waals surface area contributed by atoms with Gasteiger partial charge in [-0.05, 0) is 13.8 Å². The van der Waals surface area contributed by atoms with Crippen molar-refractivity contribution in [1.29, 1.82) is 0 Å². The second-order valence-corrected chi connectivity index (χ2v) is 5.16. The predicted octanol–water partition coefficient (Wildman–Crippen LogP) is -1.13. The Hall–Kier alpha value is -0.650. The van der Waals surface area contributed by atoms with Crippen LogP contribution in [-0.4, -0.2) is 71.7 Å². The Bertz CT molecular complexity index is 268. The van der Waals surface area contributed by atoms with Crippen molar-refractivity contribution in [2.45, 2.75) is 25.5 Å². The maximum absolute atomic E-state index is 12.2. The lowest BCUT2D eigenvalue weighted by atomic mass is 9.97. The Morgan fingerprint density at radius 1 is 1.31 bits per heavy atom. The van der Waals surface area contributed by atoms with Crippen LogP contribution >= 0.6 is 0 Å². The highest BCUT2D eigenvalue weighted by Crippen LogP contribution is 2.21. The standard InChI is InChI=1S/C11H21N3O2/c1-11(2,14-5-3-12-4-6-14)10(16)13-7-9(15)8-13/h9,12,15H,3-8H2,1-2H3. The number of piperazine rings is 1. The van der Waals surface area contributed by atoms with Gasteiger partial charge in [-0.1, -0.05) is 0 Å². The first-order valence-corrected chi connectivity index (χ1v) is 5.95. The second kappa shape index (κ2) is 4.31. The third-order valence-electron chi connectivity index (χ3n) is 3.58. The second-order valence-electron chi connectivity index (χ2n) is 5.16. The van der Waals surface area contributed by atoms with E-state index in [2.05, 4.69) is 10.2 Å². The van der Waals surface area contributed by atoms with Gasteiger partial charge in [-0.25, -0.2) is 0 Å². The Kier molecular flexibility index (Phi) is 3.19. The lowest BCUT2D eigenvalue weighted by Gasteiger charge is -2.46. The SMILES string of the molecule is CC(C)(C(=O)N1CC(O)C1)N1CCNCC1. The minimum atomic E-state index is -0.442. The number of hydrogen-bond donors (Lipinski definition) is 2. The van der Waals surface area contributed by atoms with E-state index in [1.807, 2.05) is 13.8 Å². The van der Waals surface area contributed by atoms with Gasteiger partial charge in [0.1, 0.15) is 0 Å². The van der Waals surface area contributed by atoms with Crippen LogP contribution in [0.15, 0.2) is 0 Å². The number of rotatable bonds is 2. The number of carbonyl (C=O) groups is 1. The highest BCUT2D eigenvalue weighted by Gasteiger charge is 2.41. The van der Waals surface area contributed by atoms with Crippen LogP contribution in [-0.2, 0) is 4.79 Å². The van der Waals surface area contributed by atoms with Crippen LogP contribution < -0.4 is 5.32 Å². The van der Waals surface area contributed by atoms with Crippen molar-refractivity contribution < 1.29 is 9.90 Å². The predicted molar refractivity (Wildman–Crippen MR) is 61.1 cm³/mol. The van der Waals surface area contributed by atoms with Gasteiger partial charge in [-0.2, -0.15) is 0 Å². The van der Waals surface area contributed by atoms with Crippen LogP contribution in [0.2, 0.25) is 0 Å². The number of carbonyl (C=O) groups excluding carboxylic acids is 1. The molecule has 16 heavy (non-hydrogen) atoms. The number of likely N-dealkylation sites (tertiary alicyclic amines) is 1. The zero-order valence-electron chi connectivity index (χ0n) is 10.1. The molecule has 1 amide bonds. The van der Waals surface area contributed by atoms with E-state index in [9.17, 15) is 9.90 Å². The fraction of sp³-hybridized carbons (Fsp3) is 0.909. The summed E-state index contributed by atoms with van der Waals surface area (Å²) in [5.41, 5.74) is -0.442. The summed E-state index contributed by atoms with van der Waals surface area (Å²) in [6, 6.07) is 0. The summed E-state index contributed by atoms with van der Waals surface area (Å²) >= 11 is 0. The fourth-order valence-electron chi connectivity index (χ4n) is 2.37. The maximum Gasteiger partial charge on any atom is 0.242 e. The summed E-state index contributed by atoms with van der Waals surface area (Å²) in [6.45, 7) is 8.66. The van der Waals surface area contributed by atoms with Gasteiger partial charge in [0.05, 0.1) is 11.6 Å². The molecule has 2 aliphatic rings. The highest BCUT2D eigenvalue weighted by atomic mass is 16.3. The monoisotopic (exact) mass is 227 g/mol. The van der Waals surface area contributed by atoms with Crippen molar-refractivity contribution in [3.05, 3.63) is 0 Å². The molecule has 2 rings (SSSR count). The van der Waals surface area contributed by atoms with Gasteiger partial charge in [-0.15, -0.1) is 0 Å². The minimum absolute atomic E-state index is 0.139. The summed E-state index contributed by atoms with van der Waals surface area (Å²) in [6.07, 6.45) is -0.317. The van der Waals surface area contributed by atoms with Gasteiger partial charge in [-0.3, -0.25) is 9.69 Å². The average Bonchev–Trinajstić information content (AvgIpc) is 2.25. The molecule has 0 spiro atoms. The Balaban J connectivity index is 1.96. The number of nitrogens with zero attached hydrogens (tertiary/aromatic N) is 2. The maximum atomic E-state index is 12.2. The third kappa shape index (κ3) is 2.07. The molecule has 2 saturated heterocycles. The summed E-state index contributed by atoms with van der Waals surface area (Å²) in [7, 11) is 0. The van der Waals surface area contributed by atoms with Crippen LogP contribution in [0.25, 0.3) is 0 Å². The molecule has 0 radical (unpaired) electrons. The molecular formula is C11H21N3O2. The topological polar surface area (TPSA) is 55.8 Å².